The van der Waals surface area contributed by atoms with Crippen molar-refractivity contribution in [1.29, 1.82) is 0 Å². The number of unbranched alkanes of at least 4 members (excludes halogenated alkanes) is 30. The van der Waals surface area contributed by atoms with Crippen molar-refractivity contribution >= 4 is 17.9 Å². The summed E-state index contributed by atoms with van der Waals surface area (Å²) in [6, 6.07) is 0. The van der Waals surface area contributed by atoms with E-state index in [-0.39, 0.29) is 31.1 Å². The van der Waals surface area contributed by atoms with Gasteiger partial charge in [0.15, 0.2) is 6.10 Å². The van der Waals surface area contributed by atoms with E-state index in [1.54, 1.807) is 0 Å². The van der Waals surface area contributed by atoms with Crippen LogP contribution in [0, 0.1) is 0 Å². The molecule has 0 aromatic rings. The molecule has 0 aromatic carbocycles. The van der Waals surface area contributed by atoms with Crippen molar-refractivity contribution in [2.24, 2.45) is 0 Å². The van der Waals surface area contributed by atoms with E-state index in [1.165, 1.54) is 141 Å². The Morgan fingerprint density at radius 1 is 0.259 bits per heavy atom. The highest BCUT2D eigenvalue weighted by Crippen LogP contribution is 2.16. The van der Waals surface area contributed by atoms with E-state index in [9.17, 15) is 14.4 Å². The van der Waals surface area contributed by atoms with E-state index in [1.807, 2.05) is 0 Å². The Labute approximate surface area is 501 Å². The zero-order chi connectivity index (χ0) is 58.5. The lowest BCUT2D eigenvalue weighted by atomic mass is 10.0. The maximum atomic E-state index is 12.9. The van der Waals surface area contributed by atoms with Gasteiger partial charge in [0, 0.05) is 19.3 Å². The van der Waals surface area contributed by atoms with Crippen LogP contribution in [-0.2, 0) is 28.6 Å². The first-order chi connectivity index (χ1) is 40.0. The summed E-state index contributed by atoms with van der Waals surface area (Å²) in [4.78, 5) is 38.3. The Kier molecular flexibility index (Phi) is 64.8. The Hall–Kier alpha value is -4.19. The molecule has 0 aliphatic carbocycles. The van der Waals surface area contributed by atoms with E-state index in [0.29, 0.717) is 19.3 Å². The molecular formula is C75H126O6. The maximum absolute atomic E-state index is 12.9. The van der Waals surface area contributed by atoms with Gasteiger partial charge in [-0.3, -0.25) is 14.4 Å². The van der Waals surface area contributed by atoms with Crippen molar-refractivity contribution in [3.63, 3.8) is 0 Å². The van der Waals surface area contributed by atoms with Crippen LogP contribution in [0.25, 0.3) is 0 Å². The molecule has 0 saturated heterocycles. The molecule has 0 aromatic heterocycles. The number of hydrogen-bond donors (Lipinski definition) is 0. The van der Waals surface area contributed by atoms with Gasteiger partial charge in [0.25, 0.3) is 0 Å². The molecule has 1 atom stereocenters. The van der Waals surface area contributed by atoms with Crippen LogP contribution in [-0.4, -0.2) is 37.2 Å². The third kappa shape index (κ3) is 66.5. The van der Waals surface area contributed by atoms with Crippen LogP contribution in [0.1, 0.15) is 316 Å². The summed E-state index contributed by atoms with van der Waals surface area (Å²) in [6.45, 7) is 6.48. The van der Waals surface area contributed by atoms with Crippen molar-refractivity contribution in [2.45, 2.75) is 322 Å². The summed E-state index contributed by atoms with van der Waals surface area (Å²) in [5, 5.41) is 0. The quantitative estimate of drug-likeness (QED) is 0.0261. The Morgan fingerprint density at radius 3 is 0.802 bits per heavy atom. The fourth-order valence-electron chi connectivity index (χ4n) is 9.32. The van der Waals surface area contributed by atoms with Crippen molar-refractivity contribution in [3.05, 3.63) is 122 Å². The monoisotopic (exact) mass is 1120 g/mol. The minimum Gasteiger partial charge on any atom is -0.462 e. The van der Waals surface area contributed by atoms with Crippen LogP contribution >= 0.6 is 0 Å². The lowest BCUT2D eigenvalue weighted by molar-refractivity contribution is -0.167. The molecule has 0 aliphatic rings. The molecular weight excluding hydrogens is 997 g/mol. The number of esters is 3. The van der Waals surface area contributed by atoms with E-state index in [4.69, 9.17) is 14.2 Å². The molecule has 0 spiro atoms. The highest BCUT2D eigenvalue weighted by Gasteiger charge is 2.19. The molecule has 0 saturated carbocycles. The van der Waals surface area contributed by atoms with E-state index in [2.05, 4.69) is 142 Å². The normalized spacial score (nSPS) is 12.9. The van der Waals surface area contributed by atoms with Gasteiger partial charge in [0.05, 0.1) is 0 Å². The minimum atomic E-state index is -0.796. The first-order valence-electron chi connectivity index (χ1n) is 34.0. The van der Waals surface area contributed by atoms with E-state index >= 15 is 0 Å². The molecule has 462 valence electrons. The fraction of sp³-hybridized carbons (Fsp3) is 0.693. The second-order valence-corrected chi connectivity index (χ2v) is 22.3. The van der Waals surface area contributed by atoms with Crippen molar-refractivity contribution in [2.75, 3.05) is 13.2 Å². The van der Waals surface area contributed by atoms with Gasteiger partial charge in [0.1, 0.15) is 13.2 Å². The number of carbonyl (C=O) groups excluding carboxylic acids is 3. The summed E-state index contributed by atoms with van der Waals surface area (Å²) in [7, 11) is 0. The highest BCUT2D eigenvalue weighted by atomic mass is 16.6. The summed E-state index contributed by atoms with van der Waals surface area (Å²) in [6.07, 6.45) is 95.0. The SMILES string of the molecule is CC/C=C\C/C=C\C/C=C\C/C=C\C/C=C\C/C=C\C/C=C\C/C=C\CCCCCCC(=O)OCC(COC(=O)CCCCCCC/C=C\CCCC)OC(=O)CCCCCCCCCCCCC/C=C\CCCCCCCCCC. The zero-order valence-electron chi connectivity index (χ0n) is 53.0. The fourth-order valence-corrected chi connectivity index (χ4v) is 9.32. The lowest BCUT2D eigenvalue weighted by Crippen LogP contribution is -2.30. The van der Waals surface area contributed by atoms with Gasteiger partial charge < -0.3 is 14.2 Å². The van der Waals surface area contributed by atoms with Gasteiger partial charge >= 0.3 is 17.9 Å². The van der Waals surface area contributed by atoms with Crippen LogP contribution in [0.5, 0.6) is 0 Å². The highest BCUT2D eigenvalue weighted by molar-refractivity contribution is 5.71. The third-order valence-electron chi connectivity index (χ3n) is 14.4. The standard InChI is InChI=1S/C75H126O6/c1-4-7-10-13-16-19-22-24-26-28-30-32-34-35-36-37-38-39-41-42-44-46-48-50-53-56-59-62-65-68-74(77)80-71-72(70-79-73(76)67-64-61-58-55-52-21-18-15-12-9-6-3)81-75(78)69-66-63-60-57-54-51-49-47-45-43-40-33-31-29-27-25-23-20-17-14-11-8-5-2/h7,10,15-16,18-19,24,26,29-32,35-36,38-39,42,44,48,50,72H,4-6,8-9,11-14,17,20-23,25,27-28,33-34,37,40-41,43,45-47,49,51-71H2,1-3H3/b10-7-,18-15-,19-16-,26-24-,31-29-,32-30-,36-35-,39-38-,44-42-,50-48-. The average Bonchev–Trinajstić information content (AvgIpc) is 3.47. The smallest absolute Gasteiger partial charge is 0.306 e. The second kappa shape index (κ2) is 68.3. The molecule has 0 aliphatic heterocycles. The molecule has 0 amide bonds. The Morgan fingerprint density at radius 2 is 0.494 bits per heavy atom. The molecule has 1 unspecified atom stereocenters. The van der Waals surface area contributed by atoms with Gasteiger partial charge in [0.2, 0.25) is 0 Å². The van der Waals surface area contributed by atoms with Crippen LogP contribution in [0.15, 0.2) is 122 Å². The lowest BCUT2D eigenvalue weighted by Gasteiger charge is -2.18. The Bertz CT molecular complexity index is 1670. The number of ether oxygens (including phenoxy) is 3. The van der Waals surface area contributed by atoms with Crippen LogP contribution < -0.4 is 0 Å². The molecule has 0 bridgehead atoms. The molecule has 0 heterocycles. The summed E-state index contributed by atoms with van der Waals surface area (Å²) in [5.74, 6) is -0.921. The maximum Gasteiger partial charge on any atom is 0.306 e. The zero-order valence-corrected chi connectivity index (χ0v) is 53.0. The van der Waals surface area contributed by atoms with Crippen molar-refractivity contribution in [1.82, 2.24) is 0 Å². The molecule has 0 rings (SSSR count). The van der Waals surface area contributed by atoms with Gasteiger partial charge in [-0.15, -0.1) is 0 Å². The van der Waals surface area contributed by atoms with Gasteiger partial charge in [-0.25, -0.2) is 0 Å². The topological polar surface area (TPSA) is 78.9 Å². The predicted octanol–water partition coefficient (Wildman–Crippen LogP) is 23.6. The largest absolute Gasteiger partial charge is 0.462 e. The third-order valence-corrected chi connectivity index (χ3v) is 14.4. The molecule has 0 N–H and O–H groups in total. The number of carbonyl (C=O) groups is 3. The predicted molar refractivity (Wildman–Crippen MR) is 353 cm³/mol. The molecule has 6 heteroatoms. The minimum absolute atomic E-state index is 0.0918. The van der Waals surface area contributed by atoms with E-state index < -0.39 is 6.10 Å². The molecule has 0 radical (unpaired) electrons. The molecule has 81 heavy (non-hydrogen) atoms. The first-order valence-corrected chi connectivity index (χ1v) is 34.0. The summed E-state index contributed by atoms with van der Waals surface area (Å²) in [5.41, 5.74) is 0. The summed E-state index contributed by atoms with van der Waals surface area (Å²) < 4.78 is 16.9. The van der Waals surface area contributed by atoms with Gasteiger partial charge in [-0.2, -0.15) is 0 Å². The summed E-state index contributed by atoms with van der Waals surface area (Å²) >= 11 is 0. The number of allylic oxidation sites excluding steroid dienone is 20. The Balaban J connectivity index is 4.33. The van der Waals surface area contributed by atoms with Crippen LogP contribution in [0.2, 0.25) is 0 Å². The molecule has 6 nitrogen and oxygen atoms in total. The average molecular weight is 1120 g/mol. The van der Waals surface area contributed by atoms with E-state index in [0.717, 1.165) is 135 Å². The first kappa shape index (κ1) is 76.8. The van der Waals surface area contributed by atoms with Crippen LogP contribution in [0.3, 0.4) is 0 Å². The van der Waals surface area contributed by atoms with Crippen LogP contribution in [0.4, 0.5) is 0 Å². The number of rotatable bonds is 61. The van der Waals surface area contributed by atoms with Gasteiger partial charge in [-0.05, 0) is 128 Å². The molecule has 0 fully saturated rings. The van der Waals surface area contributed by atoms with Crippen molar-refractivity contribution < 1.29 is 28.6 Å². The van der Waals surface area contributed by atoms with Gasteiger partial charge in [-0.1, -0.05) is 290 Å². The second-order valence-electron chi connectivity index (χ2n) is 22.3. The number of hydrogen-bond acceptors (Lipinski definition) is 6. The van der Waals surface area contributed by atoms with Crippen molar-refractivity contribution in [3.8, 4) is 0 Å².